The first-order valence-corrected chi connectivity index (χ1v) is 25.7. The third-order valence-corrected chi connectivity index (χ3v) is 15.8. The lowest BCUT2D eigenvalue weighted by Gasteiger charge is -2.34. The van der Waals surface area contributed by atoms with Crippen LogP contribution in [0, 0.1) is 27.7 Å². The SMILES string of the molecule is Cc1ccccc1N(c1cncs1)c1cc(N(c2cncs2)c2ccccc2C)c2ccc3c(N(c4cncs4)c4ccccc4C)cc(N(c4cncs4)c4ccccc4C)c4ccc1c2c43. The number of rotatable bonds is 12. The van der Waals surface area contributed by atoms with Gasteiger partial charge in [-0.3, -0.25) is 39.5 Å². The monoisotopic (exact) mass is 954 g/mol. The number of aryl methyl sites for hydroxylation is 4. The van der Waals surface area contributed by atoms with Crippen LogP contribution in [0.2, 0.25) is 0 Å². The highest BCUT2D eigenvalue weighted by molar-refractivity contribution is 7.15. The number of aromatic nitrogens is 4. The largest absolute Gasteiger partial charge is 0.300 e. The molecule has 4 aromatic heterocycles. The number of anilines is 12. The molecule has 0 unspecified atom stereocenters. The predicted octanol–water partition coefficient (Wildman–Crippen LogP) is 17.5. The van der Waals surface area contributed by atoms with Crippen LogP contribution in [-0.2, 0) is 0 Å². The zero-order chi connectivity index (χ0) is 45.9. The van der Waals surface area contributed by atoms with Crippen molar-refractivity contribution in [3.63, 3.8) is 0 Å². The molecular weight excluding hydrogens is 913 g/mol. The Morgan fingerprint density at radius 3 is 0.735 bits per heavy atom. The highest BCUT2D eigenvalue weighted by Gasteiger charge is 2.31. The van der Waals surface area contributed by atoms with Crippen LogP contribution in [0.1, 0.15) is 22.3 Å². The molecule has 68 heavy (non-hydrogen) atoms. The number of hydrogen-bond acceptors (Lipinski definition) is 12. The second-order valence-corrected chi connectivity index (χ2v) is 20.2. The van der Waals surface area contributed by atoms with Crippen molar-refractivity contribution < 1.29 is 0 Å². The maximum atomic E-state index is 4.67. The van der Waals surface area contributed by atoms with Crippen molar-refractivity contribution in [3.05, 3.63) is 203 Å². The van der Waals surface area contributed by atoms with E-state index in [4.69, 9.17) is 0 Å². The average molecular weight is 955 g/mol. The lowest BCUT2D eigenvalue weighted by Crippen LogP contribution is -2.16. The minimum absolute atomic E-state index is 1.02. The summed E-state index contributed by atoms with van der Waals surface area (Å²) in [4.78, 5) is 28.3. The molecule has 0 atom stereocenters. The molecule has 0 N–H and O–H groups in total. The first-order chi connectivity index (χ1) is 33.4. The van der Waals surface area contributed by atoms with Gasteiger partial charge in [-0.25, -0.2) is 0 Å². The van der Waals surface area contributed by atoms with Crippen molar-refractivity contribution in [2.75, 3.05) is 19.6 Å². The number of nitrogens with zero attached hydrogens (tertiary/aromatic N) is 8. The van der Waals surface area contributed by atoms with Crippen molar-refractivity contribution in [1.29, 1.82) is 0 Å². The van der Waals surface area contributed by atoms with E-state index in [1.165, 1.54) is 0 Å². The van der Waals surface area contributed by atoms with Crippen LogP contribution in [0.3, 0.4) is 0 Å². The molecule has 0 aliphatic rings. The van der Waals surface area contributed by atoms with Gasteiger partial charge in [0.25, 0.3) is 0 Å². The first kappa shape index (κ1) is 41.9. The lowest BCUT2D eigenvalue weighted by atomic mass is 9.89. The van der Waals surface area contributed by atoms with Gasteiger partial charge in [0.15, 0.2) is 0 Å². The second-order valence-electron chi connectivity index (χ2n) is 16.7. The summed E-state index contributed by atoms with van der Waals surface area (Å²) in [6.45, 7) is 8.76. The van der Waals surface area contributed by atoms with E-state index in [0.29, 0.717) is 0 Å². The van der Waals surface area contributed by atoms with E-state index in [1.807, 2.05) is 46.8 Å². The van der Waals surface area contributed by atoms with Gasteiger partial charge in [-0.15, -0.1) is 45.3 Å². The molecule has 4 heterocycles. The molecule has 8 nitrogen and oxygen atoms in total. The Kier molecular flexibility index (Phi) is 10.7. The van der Waals surface area contributed by atoms with Crippen molar-refractivity contribution in [1.82, 2.24) is 19.9 Å². The molecule has 12 aromatic rings. The fourth-order valence-corrected chi connectivity index (χ4v) is 12.3. The van der Waals surface area contributed by atoms with Gasteiger partial charge in [0.2, 0.25) is 0 Å². The first-order valence-electron chi connectivity index (χ1n) is 22.2. The Bertz CT molecular complexity index is 3240. The van der Waals surface area contributed by atoms with E-state index in [9.17, 15) is 0 Å². The summed E-state index contributed by atoms with van der Waals surface area (Å²) < 4.78 is 0. The molecule has 330 valence electrons. The zero-order valence-corrected chi connectivity index (χ0v) is 40.8. The summed E-state index contributed by atoms with van der Waals surface area (Å²) in [5.74, 6) is 0. The molecule has 0 spiro atoms. The highest BCUT2D eigenvalue weighted by Crippen LogP contribution is 2.56. The molecular formula is C56H42N8S4. The summed E-state index contributed by atoms with van der Waals surface area (Å²) in [5.41, 5.74) is 20.9. The van der Waals surface area contributed by atoms with E-state index >= 15 is 0 Å². The minimum Gasteiger partial charge on any atom is -0.300 e. The third-order valence-electron chi connectivity index (χ3n) is 12.8. The molecule has 0 fully saturated rings. The van der Waals surface area contributed by atoms with Gasteiger partial charge in [0, 0.05) is 55.1 Å². The Hall–Kier alpha value is -7.48. The lowest BCUT2D eigenvalue weighted by molar-refractivity contribution is 1.25. The fraction of sp³-hybridized carbons (Fsp3) is 0.0714. The van der Waals surface area contributed by atoms with E-state index in [2.05, 4.69) is 201 Å². The van der Waals surface area contributed by atoms with Crippen LogP contribution in [0.4, 0.5) is 65.5 Å². The van der Waals surface area contributed by atoms with E-state index < -0.39 is 0 Å². The zero-order valence-electron chi connectivity index (χ0n) is 37.5. The number of para-hydroxylation sites is 4. The number of benzene rings is 8. The van der Waals surface area contributed by atoms with Crippen molar-refractivity contribution in [2.24, 2.45) is 0 Å². The molecule has 0 saturated carbocycles. The van der Waals surface area contributed by atoms with Crippen LogP contribution in [0.25, 0.3) is 32.3 Å². The second kappa shape index (κ2) is 17.3. The maximum absolute atomic E-state index is 4.67. The summed E-state index contributed by atoms with van der Waals surface area (Å²) in [7, 11) is 0. The standard InChI is InChI=1S/C56H42N8S4/c1-35-13-5-9-17-43(35)61(51-27-57-31-65-51)47-25-48(62(52-28-58-32-66-52)44-18-10-6-14-36(44)2)40-23-24-42-50(64(54-30-60-34-68-54)46-20-12-8-16-38(46)4)26-49(41-22-21-39(47)55(40)56(41)42)63(53-29-59-33-67-53)45-19-11-7-15-37(45)3/h5-34H,1-4H3. The molecule has 8 aromatic carbocycles. The molecule has 0 radical (unpaired) electrons. The normalized spacial score (nSPS) is 11.5. The Morgan fingerprint density at radius 2 is 0.529 bits per heavy atom. The molecule has 0 saturated heterocycles. The van der Waals surface area contributed by atoms with Gasteiger partial charge >= 0.3 is 0 Å². The smallest absolute Gasteiger partial charge is 0.120 e. The Morgan fingerprint density at radius 1 is 0.294 bits per heavy atom. The van der Waals surface area contributed by atoms with E-state index in [-0.39, 0.29) is 0 Å². The van der Waals surface area contributed by atoms with Gasteiger partial charge in [0.1, 0.15) is 20.0 Å². The van der Waals surface area contributed by atoms with Crippen LogP contribution < -0.4 is 19.6 Å². The molecule has 12 heteroatoms. The summed E-state index contributed by atoms with van der Waals surface area (Å²) in [6, 6.07) is 48.7. The van der Waals surface area contributed by atoms with Gasteiger partial charge in [-0.05, 0) is 86.3 Å². The third kappa shape index (κ3) is 6.98. The topological polar surface area (TPSA) is 64.5 Å². The summed E-state index contributed by atoms with van der Waals surface area (Å²) in [5, 5.41) is 10.9. The Balaban J connectivity index is 1.29. The van der Waals surface area contributed by atoms with Crippen LogP contribution in [-0.4, -0.2) is 19.9 Å². The van der Waals surface area contributed by atoms with Crippen molar-refractivity contribution >= 4 is 143 Å². The molecule has 0 aliphatic carbocycles. The molecule has 12 rings (SSSR count). The van der Waals surface area contributed by atoms with Gasteiger partial charge < -0.3 is 0 Å². The quantitative estimate of drug-likeness (QED) is 0.112. The maximum Gasteiger partial charge on any atom is 0.120 e. The molecule has 0 aliphatic heterocycles. The summed E-state index contributed by atoms with van der Waals surface area (Å²) in [6.07, 6.45) is 7.93. The Labute approximate surface area is 410 Å². The van der Waals surface area contributed by atoms with E-state index in [1.54, 1.807) is 45.3 Å². The molecule has 0 bridgehead atoms. The molecule has 0 amide bonds. The fourth-order valence-electron chi connectivity index (χ4n) is 9.66. The van der Waals surface area contributed by atoms with Crippen LogP contribution >= 0.6 is 45.3 Å². The van der Waals surface area contributed by atoms with E-state index in [0.717, 1.165) is 120 Å². The van der Waals surface area contributed by atoms with Gasteiger partial charge in [-0.1, -0.05) is 97.1 Å². The van der Waals surface area contributed by atoms with Crippen molar-refractivity contribution in [3.8, 4) is 0 Å². The highest BCUT2D eigenvalue weighted by atomic mass is 32.1. The average Bonchev–Trinajstić information content (AvgIpc) is 4.23. The van der Waals surface area contributed by atoms with Crippen LogP contribution in [0.5, 0.6) is 0 Å². The van der Waals surface area contributed by atoms with Crippen molar-refractivity contribution in [2.45, 2.75) is 27.7 Å². The van der Waals surface area contributed by atoms with Gasteiger partial charge in [0.05, 0.1) is 69.6 Å². The summed E-state index contributed by atoms with van der Waals surface area (Å²) >= 11 is 6.55. The number of thiazole rings is 4. The van der Waals surface area contributed by atoms with Crippen LogP contribution in [0.15, 0.2) is 180 Å². The minimum atomic E-state index is 1.02. The predicted molar refractivity (Wildman–Crippen MR) is 291 cm³/mol. The number of hydrogen-bond donors (Lipinski definition) is 0. The van der Waals surface area contributed by atoms with Gasteiger partial charge in [-0.2, -0.15) is 0 Å².